The first-order chi connectivity index (χ1) is 24.1. The molecule has 1 aliphatic heterocycles. The Bertz CT molecular complexity index is 2190. The van der Waals surface area contributed by atoms with Crippen molar-refractivity contribution in [1.82, 2.24) is 24.8 Å². The number of nitrogens with one attached hydrogen (secondary N) is 1. The lowest BCUT2D eigenvalue weighted by molar-refractivity contribution is 0.148. The zero-order chi connectivity index (χ0) is 35.2. The Morgan fingerprint density at radius 2 is 1.94 bits per heavy atom. The van der Waals surface area contributed by atoms with E-state index >= 15 is 4.39 Å². The number of halogens is 4. The van der Waals surface area contributed by atoms with E-state index in [1.165, 1.54) is 18.3 Å². The van der Waals surface area contributed by atoms with Gasteiger partial charge in [0.25, 0.3) is 0 Å². The Balaban J connectivity index is 1.27. The molecule has 258 valence electrons. The van der Waals surface area contributed by atoms with Crippen molar-refractivity contribution in [2.45, 2.75) is 38.5 Å². The van der Waals surface area contributed by atoms with Crippen LogP contribution in [0.3, 0.4) is 0 Å². The molecule has 0 spiro atoms. The van der Waals surface area contributed by atoms with Gasteiger partial charge in [-0.2, -0.15) is 15.2 Å². The second-order valence-corrected chi connectivity index (χ2v) is 14.5. The molecule has 1 saturated carbocycles. The molecule has 0 amide bonds. The number of nitrogens with zero attached hydrogens (tertiary/aromatic N) is 6. The fourth-order valence-electron chi connectivity index (χ4n) is 6.54. The molecule has 1 atom stereocenters. The van der Waals surface area contributed by atoms with E-state index < -0.39 is 11.6 Å². The minimum atomic E-state index is -0.790. The summed E-state index contributed by atoms with van der Waals surface area (Å²) in [6.45, 7) is 4.89. The van der Waals surface area contributed by atoms with Crippen LogP contribution < -0.4 is 21.5 Å². The van der Waals surface area contributed by atoms with Gasteiger partial charge in [0, 0.05) is 66.2 Å². The molecular weight excluding hydrogens is 687 g/mol. The van der Waals surface area contributed by atoms with Crippen LogP contribution in [-0.2, 0) is 0 Å². The number of thiophene rings is 1. The molecule has 1 aliphatic carbocycles. The van der Waals surface area contributed by atoms with E-state index in [-0.39, 0.29) is 70.9 Å². The number of benzene rings is 2. The van der Waals surface area contributed by atoms with Crippen LogP contribution in [0, 0.1) is 28.4 Å². The minimum absolute atomic E-state index is 0.00679. The van der Waals surface area contributed by atoms with Crippen LogP contribution in [0.5, 0.6) is 6.01 Å². The van der Waals surface area contributed by atoms with Gasteiger partial charge >= 0.3 is 6.01 Å². The Morgan fingerprint density at radius 1 is 1.18 bits per heavy atom. The molecule has 2 aromatic carbocycles. The van der Waals surface area contributed by atoms with Gasteiger partial charge in [-0.3, -0.25) is 4.98 Å². The first kappa shape index (κ1) is 33.8. The van der Waals surface area contributed by atoms with Crippen molar-refractivity contribution in [2.75, 3.05) is 49.6 Å². The number of likely N-dealkylation sites (tertiary alicyclic amines) is 1. The van der Waals surface area contributed by atoms with Crippen molar-refractivity contribution >= 4 is 60.6 Å². The zero-order valence-corrected chi connectivity index (χ0v) is 28.6. The van der Waals surface area contributed by atoms with Crippen molar-refractivity contribution in [3.05, 3.63) is 70.4 Å². The Kier molecular flexibility index (Phi) is 9.15. The van der Waals surface area contributed by atoms with E-state index in [1.54, 1.807) is 12.3 Å². The average Bonchev–Trinajstić information content (AvgIpc) is 3.79. The summed E-state index contributed by atoms with van der Waals surface area (Å²) in [5, 5.41) is 13.7. The molecule has 7 rings (SSSR count). The molecule has 0 radical (unpaired) electrons. The minimum Gasteiger partial charge on any atom is -0.463 e. The van der Waals surface area contributed by atoms with Crippen LogP contribution in [0.2, 0.25) is 5.02 Å². The lowest BCUT2D eigenvalue weighted by atomic mass is 9.97. The molecule has 50 heavy (non-hydrogen) atoms. The molecular formula is C35H33ClF3N9OS. The van der Waals surface area contributed by atoms with Gasteiger partial charge in [0.1, 0.15) is 34.0 Å². The number of aromatic nitrogens is 4. The second-order valence-electron chi connectivity index (χ2n) is 13.0. The summed E-state index contributed by atoms with van der Waals surface area (Å²) < 4.78 is 51.1. The Morgan fingerprint density at radius 3 is 2.64 bits per heavy atom. The number of ether oxygens (including phenoxy) is 1. The van der Waals surface area contributed by atoms with E-state index in [1.807, 2.05) is 13.0 Å². The fraction of sp³-hybridized carbons (Fsp3) is 0.343. The van der Waals surface area contributed by atoms with Crippen LogP contribution in [0.4, 0.5) is 29.8 Å². The standard InChI is InChI=1S/C35H33ClF3N9OS/c1-18(28-31(41)44-9-8-43-28)15-45-33-21-12-23(36)26(20-2-3-24(38)30-25(20)22(14-40)32(42)50-30)27(39)29(21)46-34(47-33)49-17-35(6-7-35)16-48-10-4-19(13-37)5-11-48/h2-3,8-9,12-13,18H,4-7,10-11,15-17,42H2,1H3,(H2,41,44)(H,45,46,47)/t18-/m1/s1. The van der Waals surface area contributed by atoms with Crippen molar-refractivity contribution < 1.29 is 17.9 Å². The third kappa shape index (κ3) is 6.36. The molecule has 2 aliphatic rings. The van der Waals surface area contributed by atoms with Gasteiger partial charge < -0.3 is 26.4 Å². The molecule has 3 aromatic heterocycles. The highest BCUT2D eigenvalue weighted by atomic mass is 35.5. The first-order valence-electron chi connectivity index (χ1n) is 16.2. The Labute approximate surface area is 294 Å². The summed E-state index contributed by atoms with van der Waals surface area (Å²) in [4.78, 5) is 20.0. The largest absolute Gasteiger partial charge is 0.463 e. The van der Waals surface area contributed by atoms with Gasteiger partial charge in [-0.15, -0.1) is 11.3 Å². The average molecular weight is 720 g/mol. The zero-order valence-electron chi connectivity index (χ0n) is 27.1. The van der Waals surface area contributed by atoms with Crippen LogP contribution >= 0.6 is 22.9 Å². The van der Waals surface area contributed by atoms with Gasteiger partial charge in [-0.1, -0.05) is 24.6 Å². The summed E-state index contributed by atoms with van der Waals surface area (Å²) in [5.41, 5.74) is 13.6. The third-order valence-corrected chi connectivity index (χ3v) is 10.9. The highest BCUT2D eigenvalue weighted by Gasteiger charge is 2.45. The van der Waals surface area contributed by atoms with E-state index in [0.29, 0.717) is 43.8 Å². The number of hydrogen-bond donors (Lipinski definition) is 3. The molecule has 0 unspecified atom stereocenters. The molecule has 1 saturated heterocycles. The molecule has 10 nitrogen and oxygen atoms in total. The number of anilines is 3. The first-order valence-corrected chi connectivity index (χ1v) is 17.3. The predicted octanol–water partition coefficient (Wildman–Crippen LogP) is 7.59. The number of hydrogen-bond acceptors (Lipinski definition) is 11. The molecule has 4 heterocycles. The maximum atomic E-state index is 16.9. The molecule has 0 bridgehead atoms. The summed E-state index contributed by atoms with van der Waals surface area (Å²) >= 11 is 7.71. The normalized spacial score (nSPS) is 16.4. The van der Waals surface area contributed by atoms with Gasteiger partial charge in [-0.05, 0) is 49.0 Å². The monoisotopic (exact) mass is 719 g/mol. The van der Waals surface area contributed by atoms with Crippen LogP contribution in [0.1, 0.15) is 49.8 Å². The van der Waals surface area contributed by atoms with E-state index in [0.717, 1.165) is 49.4 Å². The summed E-state index contributed by atoms with van der Waals surface area (Å²) in [5.74, 6) is -0.999. The lowest BCUT2D eigenvalue weighted by Gasteiger charge is -2.31. The Hall–Kier alpha value is -4.71. The molecule has 5 N–H and O–H groups in total. The maximum absolute atomic E-state index is 16.9. The van der Waals surface area contributed by atoms with Gasteiger partial charge in [0.15, 0.2) is 5.82 Å². The van der Waals surface area contributed by atoms with Crippen molar-refractivity contribution in [2.24, 2.45) is 5.41 Å². The van der Waals surface area contributed by atoms with Gasteiger partial charge in [0.05, 0.1) is 33.9 Å². The number of nitrogen functional groups attached to an aromatic ring is 2. The fourth-order valence-corrected chi connectivity index (χ4v) is 7.78. The summed E-state index contributed by atoms with van der Waals surface area (Å²) in [6, 6.07) is 6.11. The van der Waals surface area contributed by atoms with Crippen molar-refractivity contribution in [1.29, 1.82) is 5.26 Å². The highest BCUT2D eigenvalue weighted by molar-refractivity contribution is 7.23. The molecule has 5 aromatic rings. The maximum Gasteiger partial charge on any atom is 0.319 e. The number of piperidine rings is 1. The smallest absolute Gasteiger partial charge is 0.319 e. The number of fused-ring (bicyclic) bond motifs is 2. The van der Waals surface area contributed by atoms with E-state index in [9.17, 15) is 14.0 Å². The van der Waals surface area contributed by atoms with E-state index in [4.69, 9.17) is 27.8 Å². The number of rotatable bonds is 10. The van der Waals surface area contributed by atoms with E-state index in [2.05, 4.69) is 30.2 Å². The second kappa shape index (κ2) is 13.5. The number of nitriles is 1. The van der Waals surface area contributed by atoms with Crippen LogP contribution in [0.15, 0.2) is 42.5 Å². The third-order valence-electron chi connectivity index (χ3n) is 9.54. The number of nitrogens with two attached hydrogens (primary N) is 2. The predicted molar refractivity (Wildman–Crippen MR) is 190 cm³/mol. The molecule has 2 fully saturated rings. The van der Waals surface area contributed by atoms with Gasteiger partial charge in [-0.25, -0.2) is 18.2 Å². The topological polar surface area (TPSA) is 152 Å². The van der Waals surface area contributed by atoms with Gasteiger partial charge in [0.2, 0.25) is 0 Å². The van der Waals surface area contributed by atoms with Crippen molar-refractivity contribution in [3.8, 4) is 23.2 Å². The SMILES string of the molecule is C[C@H](CNc1nc(OCC2(CN3CCC(=CF)CC3)CC2)nc2c(F)c(-c3ccc(F)c4sc(N)c(C#N)c34)c(Cl)cc12)c1nccnc1N. The summed E-state index contributed by atoms with van der Waals surface area (Å²) in [6.07, 6.45) is 7.09. The lowest BCUT2D eigenvalue weighted by Crippen LogP contribution is -2.37. The van der Waals surface area contributed by atoms with Crippen LogP contribution in [-0.4, -0.2) is 57.6 Å². The molecule has 15 heteroatoms. The van der Waals surface area contributed by atoms with Crippen molar-refractivity contribution in [3.63, 3.8) is 0 Å². The summed E-state index contributed by atoms with van der Waals surface area (Å²) in [7, 11) is 0. The highest BCUT2D eigenvalue weighted by Crippen LogP contribution is 2.48. The quantitative estimate of drug-likeness (QED) is 0.132. The van der Waals surface area contributed by atoms with Crippen LogP contribution in [0.25, 0.3) is 32.1 Å².